The molecule has 0 aliphatic rings. The molecule has 108 valence electrons. The zero-order chi connectivity index (χ0) is 14.3. The maximum atomic E-state index is 11.0. The SMILES string of the molecule is CCCCCCc1n(CC)cc[n+]1CC(C)C(=O)O. The fraction of sp³-hybridized carbons (Fsp3) is 0.733. The molecule has 0 radical (unpaired) electrons. The van der Waals surface area contributed by atoms with Crippen molar-refractivity contribution in [2.75, 3.05) is 0 Å². The Hall–Kier alpha value is -1.32. The Morgan fingerprint density at radius 3 is 2.68 bits per heavy atom. The first-order valence-electron chi connectivity index (χ1n) is 7.40. The van der Waals surface area contributed by atoms with E-state index in [2.05, 4.69) is 29.2 Å². The molecule has 4 nitrogen and oxygen atoms in total. The number of aliphatic carboxylic acids is 1. The summed E-state index contributed by atoms with van der Waals surface area (Å²) in [5.74, 6) is 0.187. The van der Waals surface area contributed by atoms with Crippen LogP contribution < -0.4 is 4.57 Å². The largest absolute Gasteiger partial charge is 0.481 e. The molecule has 0 amide bonds. The monoisotopic (exact) mass is 267 g/mol. The van der Waals surface area contributed by atoms with Gasteiger partial charge in [0.05, 0.1) is 12.5 Å². The number of carbonyl (C=O) groups is 1. The van der Waals surface area contributed by atoms with Crippen molar-refractivity contribution in [3.63, 3.8) is 0 Å². The summed E-state index contributed by atoms with van der Waals surface area (Å²) < 4.78 is 4.33. The van der Waals surface area contributed by atoms with Gasteiger partial charge in [-0.25, -0.2) is 9.13 Å². The summed E-state index contributed by atoms with van der Waals surface area (Å²) in [6.45, 7) is 7.60. The number of hydrogen-bond acceptors (Lipinski definition) is 1. The van der Waals surface area contributed by atoms with Crippen molar-refractivity contribution in [3.05, 3.63) is 18.2 Å². The minimum absolute atomic E-state index is 0.341. The quantitative estimate of drug-likeness (QED) is 0.552. The zero-order valence-corrected chi connectivity index (χ0v) is 12.4. The summed E-state index contributed by atoms with van der Waals surface area (Å²) in [6.07, 6.45) is 10.1. The molecule has 0 saturated carbocycles. The summed E-state index contributed by atoms with van der Waals surface area (Å²) in [5, 5.41) is 9.02. The number of aromatic nitrogens is 2. The lowest BCUT2D eigenvalue weighted by Crippen LogP contribution is -2.41. The summed E-state index contributed by atoms with van der Waals surface area (Å²) in [7, 11) is 0. The average molecular weight is 267 g/mol. The van der Waals surface area contributed by atoms with Crippen molar-refractivity contribution in [2.45, 2.75) is 66.0 Å². The third kappa shape index (κ3) is 4.69. The van der Waals surface area contributed by atoms with Crippen LogP contribution in [0.2, 0.25) is 0 Å². The number of carboxylic acid groups (broad SMARTS) is 1. The topological polar surface area (TPSA) is 46.1 Å². The Bertz CT molecular complexity index is 399. The number of aryl methyl sites for hydroxylation is 1. The highest BCUT2D eigenvalue weighted by atomic mass is 16.4. The van der Waals surface area contributed by atoms with Gasteiger partial charge in [0, 0.05) is 6.42 Å². The Labute approximate surface area is 116 Å². The van der Waals surface area contributed by atoms with E-state index < -0.39 is 5.97 Å². The summed E-state index contributed by atoms with van der Waals surface area (Å²) in [5.41, 5.74) is 0. The van der Waals surface area contributed by atoms with Gasteiger partial charge in [-0.05, 0) is 20.3 Å². The third-order valence-electron chi connectivity index (χ3n) is 3.58. The Balaban J connectivity index is 2.69. The molecule has 19 heavy (non-hydrogen) atoms. The van der Waals surface area contributed by atoms with Gasteiger partial charge in [-0.15, -0.1) is 0 Å². The van der Waals surface area contributed by atoms with Crippen LogP contribution in [0.4, 0.5) is 0 Å². The van der Waals surface area contributed by atoms with E-state index in [0.717, 1.165) is 13.0 Å². The van der Waals surface area contributed by atoms with E-state index in [1.807, 2.05) is 6.20 Å². The molecule has 4 heteroatoms. The minimum Gasteiger partial charge on any atom is -0.481 e. The molecule has 0 aliphatic heterocycles. The molecule has 0 spiro atoms. The van der Waals surface area contributed by atoms with E-state index in [9.17, 15) is 4.79 Å². The Morgan fingerprint density at radius 1 is 1.37 bits per heavy atom. The highest BCUT2D eigenvalue weighted by molar-refractivity contribution is 5.69. The number of carboxylic acids is 1. The standard InChI is InChI=1S/C15H26N2O2/c1-4-6-7-8-9-14-16(5-2)10-11-17(14)12-13(3)15(18)19/h10-11,13H,4-9,12H2,1-3H3/p+1. The molecule has 1 atom stereocenters. The van der Waals surface area contributed by atoms with Gasteiger partial charge in [0.25, 0.3) is 5.82 Å². The number of hydrogen-bond donors (Lipinski definition) is 1. The van der Waals surface area contributed by atoms with Gasteiger partial charge in [0.15, 0.2) is 0 Å². The van der Waals surface area contributed by atoms with Gasteiger partial charge in [-0.2, -0.15) is 0 Å². The molecule has 1 heterocycles. The van der Waals surface area contributed by atoms with Gasteiger partial charge in [0.1, 0.15) is 18.9 Å². The lowest BCUT2D eigenvalue weighted by molar-refractivity contribution is -0.707. The predicted octanol–water partition coefficient (Wildman–Crippen LogP) is 2.64. The maximum absolute atomic E-state index is 11.0. The van der Waals surface area contributed by atoms with Crippen molar-refractivity contribution in [2.24, 2.45) is 5.92 Å². The van der Waals surface area contributed by atoms with Crippen molar-refractivity contribution < 1.29 is 14.5 Å². The van der Waals surface area contributed by atoms with Crippen LogP contribution in [0.25, 0.3) is 0 Å². The highest BCUT2D eigenvalue weighted by Gasteiger charge is 2.20. The molecule has 1 unspecified atom stereocenters. The molecule has 1 N–H and O–H groups in total. The minimum atomic E-state index is -0.728. The third-order valence-corrected chi connectivity index (χ3v) is 3.58. The van der Waals surface area contributed by atoms with E-state index in [0.29, 0.717) is 6.54 Å². The van der Waals surface area contributed by atoms with E-state index >= 15 is 0 Å². The molecule has 1 rings (SSSR count). The van der Waals surface area contributed by atoms with Gasteiger partial charge >= 0.3 is 5.97 Å². The zero-order valence-electron chi connectivity index (χ0n) is 12.4. The highest BCUT2D eigenvalue weighted by Crippen LogP contribution is 2.07. The van der Waals surface area contributed by atoms with Gasteiger partial charge in [-0.1, -0.05) is 26.2 Å². The van der Waals surface area contributed by atoms with E-state index in [1.54, 1.807) is 6.92 Å². The normalized spacial score (nSPS) is 12.6. The van der Waals surface area contributed by atoms with Crippen LogP contribution >= 0.6 is 0 Å². The molecule has 0 bridgehead atoms. The smallest absolute Gasteiger partial charge is 0.310 e. The van der Waals surface area contributed by atoms with Crippen molar-refractivity contribution in [1.82, 2.24) is 4.57 Å². The Morgan fingerprint density at radius 2 is 2.11 bits per heavy atom. The average Bonchev–Trinajstić information content (AvgIpc) is 2.76. The summed E-state index contributed by atoms with van der Waals surface area (Å²) in [4.78, 5) is 11.0. The van der Waals surface area contributed by atoms with Crippen LogP contribution in [0.1, 0.15) is 52.3 Å². The lowest BCUT2D eigenvalue weighted by atomic mass is 10.1. The van der Waals surface area contributed by atoms with Crippen LogP contribution in [0, 0.1) is 5.92 Å². The number of rotatable bonds is 9. The van der Waals surface area contributed by atoms with E-state index in [4.69, 9.17) is 5.11 Å². The Kier molecular flexibility index (Phi) is 6.60. The van der Waals surface area contributed by atoms with Crippen molar-refractivity contribution >= 4 is 5.97 Å². The first-order chi connectivity index (χ1) is 9.10. The fourth-order valence-electron chi connectivity index (χ4n) is 2.32. The first kappa shape index (κ1) is 15.7. The van der Waals surface area contributed by atoms with E-state index in [1.165, 1.54) is 31.5 Å². The number of nitrogens with zero attached hydrogens (tertiary/aromatic N) is 2. The van der Waals surface area contributed by atoms with Crippen LogP contribution in [0.3, 0.4) is 0 Å². The second kappa shape index (κ2) is 7.97. The van der Waals surface area contributed by atoms with Crippen LogP contribution in [0.5, 0.6) is 0 Å². The molecule has 1 aromatic heterocycles. The number of unbranched alkanes of at least 4 members (excludes halogenated alkanes) is 3. The number of imidazole rings is 1. The fourth-order valence-corrected chi connectivity index (χ4v) is 2.32. The molecule has 0 aromatic carbocycles. The van der Waals surface area contributed by atoms with Crippen LogP contribution in [-0.4, -0.2) is 15.6 Å². The molecule has 0 aliphatic carbocycles. The second-order valence-corrected chi connectivity index (χ2v) is 5.20. The predicted molar refractivity (Wildman–Crippen MR) is 74.9 cm³/mol. The second-order valence-electron chi connectivity index (χ2n) is 5.20. The van der Waals surface area contributed by atoms with E-state index in [-0.39, 0.29) is 5.92 Å². The van der Waals surface area contributed by atoms with Gasteiger partial charge < -0.3 is 5.11 Å². The van der Waals surface area contributed by atoms with Crippen LogP contribution in [-0.2, 0) is 24.3 Å². The van der Waals surface area contributed by atoms with Crippen molar-refractivity contribution in [1.29, 1.82) is 0 Å². The first-order valence-corrected chi connectivity index (χ1v) is 7.40. The molecule has 0 saturated heterocycles. The van der Waals surface area contributed by atoms with Crippen molar-refractivity contribution in [3.8, 4) is 0 Å². The lowest BCUT2D eigenvalue weighted by Gasteiger charge is -2.07. The summed E-state index contributed by atoms with van der Waals surface area (Å²) in [6, 6.07) is 0. The molecule has 1 aromatic rings. The molecule has 0 fully saturated rings. The van der Waals surface area contributed by atoms with Gasteiger partial charge in [-0.3, -0.25) is 4.79 Å². The van der Waals surface area contributed by atoms with Crippen LogP contribution in [0.15, 0.2) is 12.4 Å². The maximum Gasteiger partial charge on any atom is 0.310 e. The van der Waals surface area contributed by atoms with Gasteiger partial charge in [0.2, 0.25) is 0 Å². The summed E-state index contributed by atoms with van der Waals surface area (Å²) >= 11 is 0. The molecular weight excluding hydrogens is 240 g/mol. The molecular formula is C15H27N2O2+.